The van der Waals surface area contributed by atoms with Gasteiger partial charge in [-0.15, -0.1) is 0 Å². The van der Waals surface area contributed by atoms with E-state index in [1.54, 1.807) is 30.6 Å². The lowest BCUT2D eigenvalue weighted by Gasteiger charge is -2.24. The molecule has 1 N–H and O–H groups in total. The average molecular weight is 239 g/mol. The van der Waals surface area contributed by atoms with Crippen LogP contribution in [0.4, 0.5) is 5.82 Å². The van der Waals surface area contributed by atoms with Crippen molar-refractivity contribution in [1.29, 1.82) is 0 Å². The number of thioether (sulfide) groups is 1. The van der Waals surface area contributed by atoms with E-state index < -0.39 is 12.0 Å². The highest BCUT2D eigenvalue weighted by Gasteiger charge is 2.24. The van der Waals surface area contributed by atoms with Crippen LogP contribution in [0.15, 0.2) is 6.33 Å². The quantitative estimate of drug-likeness (QED) is 0.853. The van der Waals surface area contributed by atoms with Crippen LogP contribution < -0.4 is 4.90 Å². The molecule has 0 radical (unpaired) electrons. The summed E-state index contributed by atoms with van der Waals surface area (Å²) in [6.07, 6.45) is 1.51. The fourth-order valence-corrected chi connectivity index (χ4v) is 2.66. The lowest BCUT2D eigenvalue weighted by Crippen LogP contribution is -2.37. The number of nitrogens with zero attached hydrogens (tertiary/aromatic N) is 3. The molecule has 1 unspecified atom stereocenters. The van der Waals surface area contributed by atoms with Crippen molar-refractivity contribution in [3.8, 4) is 0 Å². The van der Waals surface area contributed by atoms with Crippen LogP contribution in [-0.4, -0.2) is 34.1 Å². The third kappa shape index (κ3) is 1.84. The molecule has 1 aliphatic rings. The van der Waals surface area contributed by atoms with Crippen LogP contribution in [0.5, 0.6) is 0 Å². The molecule has 0 amide bonds. The van der Waals surface area contributed by atoms with Crippen LogP contribution in [0.2, 0.25) is 0 Å². The second kappa shape index (κ2) is 4.29. The summed E-state index contributed by atoms with van der Waals surface area (Å²) in [6.45, 7) is 1.65. The summed E-state index contributed by atoms with van der Waals surface area (Å²) >= 11 is 1.78. The van der Waals surface area contributed by atoms with Gasteiger partial charge in [0.1, 0.15) is 18.2 Å². The van der Waals surface area contributed by atoms with Crippen molar-refractivity contribution in [3.63, 3.8) is 0 Å². The molecule has 0 aromatic carbocycles. The topological polar surface area (TPSA) is 66.3 Å². The number of rotatable bonds is 3. The van der Waals surface area contributed by atoms with Crippen LogP contribution in [0.3, 0.4) is 0 Å². The molecule has 86 valence electrons. The fraction of sp³-hybridized carbons (Fsp3) is 0.500. The highest BCUT2D eigenvalue weighted by molar-refractivity contribution is 7.98. The Morgan fingerprint density at radius 2 is 2.31 bits per heavy atom. The second-order valence-corrected chi connectivity index (χ2v) is 4.73. The Balaban J connectivity index is 2.34. The Bertz CT molecular complexity index is 425. The molecule has 1 aromatic rings. The van der Waals surface area contributed by atoms with E-state index in [0.717, 1.165) is 28.6 Å². The molecule has 5 nitrogen and oxygen atoms in total. The average Bonchev–Trinajstić information content (AvgIpc) is 2.74. The molecule has 0 aliphatic carbocycles. The van der Waals surface area contributed by atoms with Gasteiger partial charge in [0.25, 0.3) is 0 Å². The lowest BCUT2D eigenvalue weighted by atomic mass is 10.2. The highest BCUT2D eigenvalue weighted by atomic mass is 32.2. The maximum absolute atomic E-state index is 10.9. The number of carbonyl (C=O) groups is 1. The third-order valence-electron chi connectivity index (χ3n) is 2.77. The van der Waals surface area contributed by atoms with Crippen molar-refractivity contribution >= 4 is 23.5 Å². The number of carboxylic acid groups (broad SMARTS) is 1. The van der Waals surface area contributed by atoms with Crippen LogP contribution in [0, 0.1) is 0 Å². The Hall–Kier alpha value is -1.30. The number of hydrogen-bond acceptors (Lipinski definition) is 5. The van der Waals surface area contributed by atoms with Crippen molar-refractivity contribution in [3.05, 3.63) is 17.6 Å². The summed E-state index contributed by atoms with van der Waals surface area (Å²) in [7, 11) is 1.75. The molecule has 2 rings (SSSR count). The maximum atomic E-state index is 10.9. The van der Waals surface area contributed by atoms with Crippen molar-refractivity contribution < 1.29 is 9.90 Å². The number of carboxylic acids is 1. The fourth-order valence-electron chi connectivity index (χ4n) is 1.61. The van der Waals surface area contributed by atoms with Gasteiger partial charge in [-0.3, -0.25) is 0 Å². The zero-order valence-electron chi connectivity index (χ0n) is 9.17. The van der Waals surface area contributed by atoms with Crippen molar-refractivity contribution in [2.45, 2.75) is 24.5 Å². The highest BCUT2D eigenvalue weighted by Crippen LogP contribution is 2.33. The maximum Gasteiger partial charge on any atom is 0.326 e. The molecule has 2 heterocycles. The van der Waals surface area contributed by atoms with Crippen LogP contribution in [0.25, 0.3) is 0 Å². The zero-order valence-corrected chi connectivity index (χ0v) is 9.99. The van der Waals surface area contributed by atoms with Crippen LogP contribution >= 0.6 is 11.8 Å². The molecule has 6 heteroatoms. The van der Waals surface area contributed by atoms with Gasteiger partial charge >= 0.3 is 5.97 Å². The van der Waals surface area contributed by atoms with E-state index in [0.29, 0.717) is 0 Å². The van der Waals surface area contributed by atoms with Crippen LogP contribution in [0.1, 0.15) is 18.2 Å². The van der Waals surface area contributed by atoms with Gasteiger partial charge in [-0.25, -0.2) is 14.8 Å². The molecule has 0 saturated heterocycles. The van der Waals surface area contributed by atoms with Gasteiger partial charge in [-0.2, -0.15) is 11.8 Å². The van der Waals surface area contributed by atoms with Gasteiger partial charge in [0.15, 0.2) is 0 Å². The minimum atomic E-state index is -0.847. The SMILES string of the molecule is CC(C(=O)O)N(C)c1ncnc2c1CSC2. The van der Waals surface area contributed by atoms with Gasteiger partial charge in [0.05, 0.1) is 5.69 Å². The van der Waals surface area contributed by atoms with Gasteiger partial charge < -0.3 is 10.0 Å². The van der Waals surface area contributed by atoms with E-state index in [4.69, 9.17) is 5.11 Å². The van der Waals surface area contributed by atoms with Crippen molar-refractivity contribution in [2.75, 3.05) is 11.9 Å². The normalized spacial score (nSPS) is 15.6. The van der Waals surface area contributed by atoms with Crippen molar-refractivity contribution in [2.24, 2.45) is 0 Å². The number of aromatic nitrogens is 2. The monoisotopic (exact) mass is 239 g/mol. The molecular weight excluding hydrogens is 226 g/mol. The molecule has 0 fully saturated rings. The zero-order chi connectivity index (χ0) is 11.7. The Morgan fingerprint density at radius 3 is 3.00 bits per heavy atom. The standard InChI is InChI=1S/C10H13N3O2S/c1-6(10(14)15)13(2)9-7-3-16-4-8(7)11-5-12-9/h5-6H,3-4H2,1-2H3,(H,14,15). The molecule has 0 bridgehead atoms. The Kier molecular flexibility index (Phi) is 3.00. The number of aliphatic carboxylic acids is 1. The Morgan fingerprint density at radius 1 is 1.56 bits per heavy atom. The number of fused-ring (bicyclic) bond motifs is 1. The molecule has 1 aromatic heterocycles. The van der Waals surface area contributed by atoms with Gasteiger partial charge in [-0.05, 0) is 6.92 Å². The number of likely N-dealkylation sites (N-methyl/N-ethyl adjacent to an activating group) is 1. The van der Waals surface area contributed by atoms with Gasteiger partial charge in [-0.1, -0.05) is 0 Å². The summed E-state index contributed by atoms with van der Waals surface area (Å²) in [5, 5.41) is 8.97. The summed E-state index contributed by atoms with van der Waals surface area (Å²) in [4.78, 5) is 21.0. The molecule has 16 heavy (non-hydrogen) atoms. The molecule has 0 spiro atoms. The summed E-state index contributed by atoms with van der Waals surface area (Å²) in [6, 6.07) is -0.579. The first-order chi connectivity index (χ1) is 7.61. The molecule has 1 atom stereocenters. The minimum Gasteiger partial charge on any atom is -0.480 e. The first-order valence-corrected chi connectivity index (χ1v) is 6.13. The Labute approximate surface area is 97.9 Å². The predicted molar refractivity (Wildman–Crippen MR) is 62.5 cm³/mol. The molecule has 0 saturated carbocycles. The summed E-state index contributed by atoms with van der Waals surface area (Å²) in [5.74, 6) is 1.65. The van der Waals surface area contributed by atoms with E-state index in [1.165, 1.54) is 6.33 Å². The number of anilines is 1. The molecular formula is C10H13N3O2S. The lowest BCUT2D eigenvalue weighted by molar-refractivity contribution is -0.138. The molecule has 1 aliphatic heterocycles. The van der Waals surface area contributed by atoms with E-state index in [-0.39, 0.29) is 0 Å². The van der Waals surface area contributed by atoms with Crippen LogP contribution in [-0.2, 0) is 16.3 Å². The van der Waals surface area contributed by atoms with E-state index in [1.807, 2.05) is 0 Å². The van der Waals surface area contributed by atoms with E-state index in [2.05, 4.69) is 9.97 Å². The summed E-state index contributed by atoms with van der Waals surface area (Å²) in [5.41, 5.74) is 2.10. The minimum absolute atomic E-state index is 0.579. The van der Waals surface area contributed by atoms with Gasteiger partial charge in [0, 0.05) is 24.1 Å². The smallest absolute Gasteiger partial charge is 0.326 e. The van der Waals surface area contributed by atoms with Gasteiger partial charge in [0.2, 0.25) is 0 Å². The largest absolute Gasteiger partial charge is 0.480 e. The van der Waals surface area contributed by atoms with E-state index in [9.17, 15) is 4.79 Å². The first kappa shape index (κ1) is 11.2. The second-order valence-electron chi connectivity index (χ2n) is 3.74. The summed E-state index contributed by atoms with van der Waals surface area (Å²) < 4.78 is 0. The first-order valence-electron chi connectivity index (χ1n) is 4.97. The predicted octanol–water partition coefficient (Wildman–Crippen LogP) is 1.13. The van der Waals surface area contributed by atoms with E-state index >= 15 is 0 Å². The van der Waals surface area contributed by atoms with Crippen molar-refractivity contribution in [1.82, 2.24) is 9.97 Å². The number of hydrogen-bond donors (Lipinski definition) is 1. The third-order valence-corrected chi connectivity index (χ3v) is 3.74.